The minimum atomic E-state index is -0.292. The Kier molecular flexibility index (Phi) is 5.36. The molecule has 0 spiro atoms. The van der Waals surface area contributed by atoms with E-state index in [2.05, 4.69) is 15.1 Å². The van der Waals surface area contributed by atoms with Crippen molar-refractivity contribution in [2.45, 2.75) is 20.0 Å². The van der Waals surface area contributed by atoms with Crippen molar-refractivity contribution in [1.29, 1.82) is 0 Å². The Morgan fingerprint density at radius 1 is 1.12 bits per heavy atom. The van der Waals surface area contributed by atoms with Crippen LogP contribution in [-0.2, 0) is 4.74 Å². The van der Waals surface area contributed by atoms with Crippen molar-refractivity contribution in [2.75, 3.05) is 19.7 Å². The van der Waals surface area contributed by atoms with Gasteiger partial charge in [0.15, 0.2) is 5.65 Å². The topological polar surface area (TPSA) is 72.6 Å². The van der Waals surface area contributed by atoms with Crippen LogP contribution in [0.4, 0.5) is 0 Å². The van der Waals surface area contributed by atoms with Crippen LogP contribution in [0, 0.1) is 13.8 Å². The number of aryl methyl sites for hydroxylation is 2. The van der Waals surface area contributed by atoms with Crippen LogP contribution in [0.15, 0.2) is 54.9 Å². The maximum atomic E-state index is 13.3. The summed E-state index contributed by atoms with van der Waals surface area (Å²) in [5, 5.41) is 5.03. The zero-order valence-electron chi connectivity index (χ0n) is 17.8. The average molecular weight is 448 g/mol. The monoisotopic (exact) mass is 447 g/mol. The minimum Gasteiger partial charge on any atom is -0.368 e. The van der Waals surface area contributed by atoms with Gasteiger partial charge < -0.3 is 9.64 Å². The molecule has 0 N–H and O–H groups in total. The summed E-state index contributed by atoms with van der Waals surface area (Å²) in [5.41, 5.74) is 5.65. The van der Waals surface area contributed by atoms with E-state index >= 15 is 0 Å². The zero-order valence-corrected chi connectivity index (χ0v) is 18.6. The summed E-state index contributed by atoms with van der Waals surface area (Å²) in [6, 6.07) is 13.5. The van der Waals surface area contributed by atoms with Crippen LogP contribution in [0.3, 0.4) is 0 Å². The van der Waals surface area contributed by atoms with Gasteiger partial charge in [-0.2, -0.15) is 5.10 Å². The zero-order chi connectivity index (χ0) is 22.2. The number of morpholine rings is 1. The molecule has 4 heterocycles. The van der Waals surface area contributed by atoms with Crippen molar-refractivity contribution in [3.8, 4) is 11.1 Å². The van der Waals surface area contributed by atoms with Gasteiger partial charge in [-0.05, 0) is 43.7 Å². The fourth-order valence-electron chi connectivity index (χ4n) is 4.04. The molecule has 1 saturated heterocycles. The Bertz CT molecular complexity index is 1300. The molecule has 0 unspecified atom stereocenters. The fourth-order valence-corrected chi connectivity index (χ4v) is 4.23. The molecular formula is C24H22ClN5O2. The van der Waals surface area contributed by atoms with E-state index in [0.29, 0.717) is 35.9 Å². The van der Waals surface area contributed by atoms with Gasteiger partial charge in [0.25, 0.3) is 5.91 Å². The van der Waals surface area contributed by atoms with Gasteiger partial charge in [0, 0.05) is 34.7 Å². The Hall–Kier alpha value is -3.29. The largest absolute Gasteiger partial charge is 0.368 e. The number of pyridine rings is 1. The second-order valence-corrected chi connectivity index (χ2v) is 8.36. The number of carbonyl (C=O) groups is 1. The Morgan fingerprint density at radius 3 is 2.78 bits per heavy atom. The molecular weight excluding hydrogens is 426 g/mol. The van der Waals surface area contributed by atoms with Crippen LogP contribution in [0.25, 0.3) is 16.8 Å². The van der Waals surface area contributed by atoms with Gasteiger partial charge in [-0.15, -0.1) is 0 Å². The first-order valence-corrected chi connectivity index (χ1v) is 10.8. The molecule has 4 aromatic rings. The highest BCUT2D eigenvalue weighted by molar-refractivity contribution is 6.30. The molecule has 8 heteroatoms. The van der Waals surface area contributed by atoms with Gasteiger partial charge in [-0.25, -0.2) is 9.50 Å². The van der Waals surface area contributed by atoms with Gasteiger partial charge in [0.05, 0.1) is 25.0 Å². The van der Waals surface area contributed by atoms with Crippen molar-refractivity contribution in [1.82, 2.24) is 24.5 Å². The lowest BCUT2D eigenvalue weighted by molar-refractivity contribution is -0.0246. The molecule has 0 saturated carbocycles. The first-order chi connectivity index (χ1) is 15.5. The number of aromatic nitrogens is 4. The van der Waals surface area contributed by atoms with Crippen LogP contribution in [0.2, 0.25) is 5.02 Å². The Labute approximate surface area is 190 Å². The molecule has 0 aliphatic carbocycles. The predicted octanol–water partition coefficient (Wildman–Crippen LogP) is 4.28. The van der Waals surface area contributed by atoms with E-state index in [1.54, 1.807) is 15.6 Å². The maximum absolute atomic E-state index is 13.3. The molecule has 1 amide bonds. The summed E-state index contributed by atoms with van der Waals surface area (Å²) >= 11 is 6.10. The number of halogens is 1. The first-order valence-electron chi connectivity index (χ1n) is 10.4. The smallest absolute Gasteiger partial charge is 0.259 e. The summed E-state index contributed by atoms with van der Waals surface area (Å²) in [7, 11) is 0. The minimum absolute atomic E-state index is 0.0960. The average Bonchev–Trinajstić information content (AvgIpc) is 3.23. The quantitative estimate of drug-likeness (QED) is 0.469. The van der Waals surface area contributed by atoms with Crippen molar-refractivity contribution in [3.05, 3.63) is 82.5 Å². The molecule has 1 aliphatic rings. The van der Waals surface area contributed by atoms with Crippen molar-refractivity contribution < 1.29 is 9.53 Å². The summed E-state index contributed by atoms with van der Waals surface area (Å²) < 4.78 is 7.64. The van der Waals surface area contributed by atoms with Crippen LogP contribution < -0.4 is 0 Å². The highest BCUT2D eigenvalue weighted by Crippen LogP contribution is 2.26. The maximum Gasteiger partial charge on any atom is 0.259 e. The van der Waals surface area contributed by atoms with Crippen molar-refractivity contribution in [3.63, 3.8) is 0 Å². The van der Waals surface area contributed by atoms with E-state index < -0.39 is 0 Å². The molecule has 7 nitrogen and oxygen atoms in total. The van der Waals surface area contributed by atoms with Gasteiger partial charge in [-0.3, -0.25) is 9.78 Å². The van der Waals surface area contributed by atoms with E-state index in [0.717, 1.165) is 28.2 Å². The number of rotatable bonds is 3. The van der Waals surface area contributed by atoms with Crippen LogP contribution in [0.1, 0.15) is 33.5 Å². The number of amides is 1. The first kappa shape index (κ1) is 20.6. The molecule has 0 bridgehead atoms. The van der Waals surface area contributed by atoms with E-state index in [1.165, 1.54) is 0 Å². The lowest BCUT2D eigenvalue weighted by atomic mass is 10.1. The lowest BCUT2D eigenvalue weighted by Crippen LogP contribution is -2.42. The van der Waals surface area contributed by atoms with Crippen LogP contribution >= 0.6 is 11.6 Å². The summed E-state index contributed by atoms with van der Waals surface area (Å²) in [4.78, 5) is 24.2. The molecule has 5 rings (SSSR count). The van der Waals surface area contributed by atoms with E-state index in [4.69, 9.17) is 16.3 Å². The predicted molar refractivity (Wildman–Crippen MR) is 122 cm³/mol. The van der Waals surface area contributed by atoms with Gasteiger partial charge in [0.2, 0.25) is 0 Å². The number of hydrogen-bond acceptors (Lipinski definition) is 5. The third kappa shape index (κ3) is 3.85. The molecule has 1 fully saturated rings. The van der Waals surface area contributed by atoms with Gasteiger partial charge >= 0.3 is 0 Å². The van der Waals surface area contributed by atoms with Gasteiger partial charge in [-0.1, -0.05) is 29.8 Å². The number of hydrogen-bond donors (Lipinski definition) is 0. The second-order valence-electron chi connectivity index (χ2n) is 7.93. The molecule has 1 aliphatic heterocycles. The van der Waals surface area contributed by atoms with E-state index in [-0.39, 0.29) is 12.0 Å². The molecule has 32 heavy (non-hydrogen) atoms. The number of fused-ring (bicyclic) bond motifs is 1. The highest BCUT2D eigenvalue weighted by atomic mass is 35.5. The SMILES string of the molecule is Cc1cc(C)n2ncc(C(=O)N3CCO[C@@H](c4ccc(-c5cccc(Cl)c5)cn4)C3)c2n1. The number of benzene rings is 1. The third-order valence-electron chi connectivity index (χ3n) is 5.64. The summed E-state index contributed by atoms with van der Waals surface area (Å²) in [6.07, 6.45) is 3.12. The lowest BCUT2D eigenvalue weighted by Gasteiger charge is -2.32. The number of ether oxygens (including phenoxy) is 1. The highest BCUT2D eigenvalue weighted by Gasteiger charge is 2.29. The Morgan fingerprint density at radius 2 is 2.00 bits per heavy atom. The molecule has 162 valence electrons. The normalized spacial score (nSPS) is 16.5. The molecule has 0 radical (unpaired) electrons. The summed E-state index contributed by atoms with van der Waals surface area (Å²) in [5.74, 6) is -0.0960. The standard InChI is InChI=1S/C24H22ClN5O2/c1-15-10-16(2)30-23(28-15)20(13-27-30)24(31)29-8-9-32-22(14-29)21-7-6-18(12-26-21)17-4-3-5-19(25)11-17/h3-7,10-13,22H,8-9,14H2,1-2H3/t22-/m1/s1. The van der Waals surface area contributed by atoms with E-state index in [1.807, 2.05) is 62.5 Å². The molecule has 1 atom stereocenters. The van der Waals surface area contributed by atoms with E-state index in [9.17, 15) is 4.79 Å². The number of carbonyl (C=O) groups excluding carboxylic acids is 1. The third-order valence-corrected chi connectivity index (χ3v) is 5.87. The van der Waals surface area contributed by atoms with Gasteiger partial charge in [0.1, 0.15) is 11.7 Å². The van der Waals surface area contributed by atoms with Crippen molar-refractivity contribution in [2.24, 2.45) is 0 Å². The van der Waals surface area contributed by atoms with Crippen LogP contribution in [-0.4, -0.2) is 50.1 Å². The molecule has 1 aromatic carbocycles. The number of nitrogens with zero attached hydrogens (tertiary/aromatic N) is 5. The Balaban J connectivity index is 1.36. The summed E-state index contributed by atoms with van der Waals surface area (Å²) in [6.45, 7) is 5.24. The second kappa shape index (κ2) is 8.33. The van der Waals surface area contributed by atoms with Crippen LogP contribution in [0.5, 0.6) is 0 Å². The fraction of sp³-hybridized carbons (Fsp3) is 0.250. The van der Waals surface area contributed by atoms with Crippen molar-refractivity contribution >= 4 is 23.2 Å². The molecule has 3 aromatic heterocycles.